The third-order valence-electron chi connectivity index (χ3n) is 3.64. The Hall–Kier alpha value is -1.61. The zero-order valence-electron chi connectivity index (χ0n) is 14.0. The molecule has 122 valence electrons. The molecule has 1 unspecified atom stereocenters. The third kappa shape index (κ3) is 6.02. The first-order chi connectivity index (χ1) is 10.7. The van der Waals surface area contributed by atoms with Crippen LogP contribution in [0.5, 0.6) is 0 Å². The van der Waals surface area contributed by atoms with Gasteiger partial charge in [-0.3, -0.25) is 4.90 Å². The monoisotopic (exact) mass is 303 g/mol. The van der Waals surface area contributed by atoms with Gasteiger partial charge in [0.2, 0.25) is 0 Å². The zero-order chi connectivity index (χ0) is 16.2. The van der Waals surface area contributed by atoms with E-state index in [4.69, 9.17) is 4.74 Å². The summed E-state index contributed by atoms with van der Waals surface area (Å²) in [5.41, 5.74) is 1.00. The van der Waals surface area contributed by atoms with Crippen molar-refractivity contribution in [1.82, 2.24) is 4.90 Å². The van der Waals surface area contributed by atoms with Crippen molar-refractivity contribution in [2.24, 2.45) is 0 Å². The van der Waals surface area contributed by atoms with Crippen molar-refractivity contribution in [2.75, 3.05) is 19.7 Å². The lowest BCUT2D eigenvalue weighted by atomic mass is 10.0. The fraction of sp³-hybridized carbons (Fsp3) is 0.526. The summed E-state index contributed by atoms with van der Waals surface area (Å²) in [4.78, 5) is 14.8. The van der Waals surface area contributed by atoms with Crippen molar-refractivity contribution in [3.8, 4) is 0 Å². The van der Waals surface area contributed by atoms with E-state index in [0.717, 1.165) is 44.3 Å². The minimum absolute atomic E-state index is 0.182. The smallest absolute Gasteiger partial charge is 0.328 e. The zero-order valence-corrected chi connectivity index (χ0v) is 14.0. The largest absolute Gasteiger partial charge is 0.460 e. The highest BCUT2D eigenvalue weighted by molar-refractivity contribution is 5.77. The van der Waals surface area contributed by atoms with Crippen molar-refractivity contribution < 1.29 is 9.53 Å². The van der Waals surface area contributed by atoms with Crippen LogP contribution >= 0.6 is 0 Å². The Morgan fingerprint density at radius 1 is 1.18 bits per heavy atom. The van der Waals surface area contributed by atoms with Gasteiger partial charge in [-0.05, 0) is 31.5 Å². The van der Waals surface area contributed by atoms with E-state index in [-0.39, 0.29) is 18.6 Å². The molecule has 0 amide bonds. The van der Waals surface area contributed by atoms with E-state index in [1.54, 1.807) is 6.08 Å². The van der Waals surface area contributed by atoms with E-state index in [1.807, 2.05) is 30.3 Å². The number of ether oxygens (including phenoxy) is 1. The first-order valence-electron chi connectivity index (χ1n) is 8.31. The fourth-order valence-electron chi connectivity index (χ4n) is 2.44. The quantitative estimate of drug-likeness (QED) is 0.449. The molecule has 1 rings (SSSR count). The van der Waals surface area contributed by atoms with Crippen LogP contribution in [0.3, 0.4) is 0 Å². The average Bonchev–Trinajstić information content (AvgIpc) is 2.56. The number of hydrogen-bond acceptors (Lipinski definition) is 3. The van der Waals surface area contributed by atoms with Gasteiger partial charge in [-0.15, -0.1) is 0 Å². The molecule has 0 aliphatic rings. The summed E-state index contributed by atoms with van der Waals surface area (Å²) >= 11 is 0. The number of unbranched alkanes of at least 4 members (excludes halogenated alkanes) is 2. The number of rotatable bonds is 11. The predicted molar refractivity (Wildman–Crippen MR) is 91.7 cm³/mol. The molecule has 0 bridgehead atoms. The number of carbonyl (C=O) groups excluding carboxylic acids is 1. The van der Waals surface area contributed by atoms with Gasteiger partial charge in [-0.25, -0.2) is 4.79 Å². The maximum absolute atomic E-state index is 12.6. The standard InChI is InChI=1S/C19H29NO2/c1-4-7-14-20(15-8-5-2)18(19(21)22-16-6-3)17-12-10-9-11-13-17/h6,9-13,18H,3-5,7-8,14-16H2,1-2H3. The maximum atomic E-state index is 12.6. The van der Waals surface area contributed by atoms with Crippen LogP contribution in [0.15, 0.2) is 43.0 Å². The minimum atomic E-state index is -0.320. The SMILES string of the molecule is C=CCOC(=O)C(c1ccccc1)N(CCCC)CCCC. The van der Waals surface area contributed by atoms with Crippen LogP contribution < -0.4 is 0 Å². The van der Waals surface area contributed by atoms with Gasteiger partial charge in [0.25, 0.3) is 0 Å². The summed E-state index contributed by atoms with van der Waals surface area (Å²) in [7, 11) is 0. The molecular formula is C19H29NO2. The van der Waals surface area contributed by atoms with Crippen molar-refractivity contribution in [3.05, 3.63) is 48.6 Å². The minimum Gasteiger partial charge on any atom is -0.460 e. The Morgan fingerprint density at radius 3 is 2.27 bits per heavy atom. The first-order valence-corrected chi connectivity index (χ1v) is 8.31. The molecule has 0 radical (unpaired) electrons. The Labute approximate surface area is 135 Å². The maximum Gasteiger partial charge on any atom is 0.328 e. The molecule has 22 heavy (non-hydrogen) atoms. The van der Waals surface area contributed by atoms with Gasteiger partial charge < -0.3 is 4.74 Å². The topological polar surface area (TPSA) is 29.5 Å². The summed E-state index contributed by atoms with van der Waals surface area (Å²) in [6, 6.07) is 9.61. The molecule has 0 aliphatic heterocycles. The molecule has 0 aliphatic carbocycles. The molecule has 0 saturated heterocycles. The summed E-state index contributed by atoms with van der Waals surface area (Å²) in [6.45, 7) is 10.1. The lowest BCUT2D eigenvalue weighted by Gasteiger charge is -2.30. The Balaban J connectivity index is 2.97. The van der Waals surface area contributed by atoms with Gasteiger partial charge >= 0.3 is 5.97 Å². The fourth-order valence-corrected chi connectivity index (χ4v) is 2.44. The van der Waals surface area contributed by atoms with Crippen molar-refractivity contribution in [1.29, 1.82) is 0 Å². The Morgan fingerprint density at radius 2 is 1.77 bits per heavy atom. The number of carbonyl (C=O) groups is 1. The molecule has 0 N–H and O–H groups in total. The second kappa shape index (κ2) is 11.0. The van der Waals surface area contributed by atoms with Crippen LogP contribution in [0, 0.1) is 0 Å². The number of nitrogens with zero attached hydrogens (tertiary/aromatic N) is 1. The molecule has 0 saturated carbocycles. The first kappa shape index (κ1) is 18.4. The van der Waals surface area contributed by atoms with Gasteiger partial charge in [0.15, 0.2) is 0 Å². The predicted octanol–water partition coefficient (Wildman–Crippen LogP) is 4.36. The third-order valence-corrected chi connectivity index (χ3v) is 3.64. The lowest BCUT2D eigenvalue weighted by Crippen LogP contribution is -2.36. The van der Waals surface area contributed by atoms with Crippen molar-refractivity contribution >= 4 is 5.97 Å². The number of hydrogen-bond donors (Lipinski definition) is 0. The summed E-state index contributed by atoms with van der Waals surface area (Å²) in [5, 5.41) is 0. The number of esters is 1. The van der Waals surface area contributed by atoms with Crippen molar-refractivity contribution in [3.63, 3.8) is 0 Å². The summed E-state index contributed by atoms with van der Waals surface area (Å²) in [5.74, 6) is -0.182. The highest BCUT2D eigenvalue weighted by Gasteiger charge is 2.28. The van der Waals surface area contributed by atoms with E-state index in [9.17, 15) is 4.79 Å². The van der Waals surface area contributed by atoms with Crippen LogP contribution in [-0.2, 0) is 9.53 Å². The second-order valence-electron chi connectivity index (χ2n) is 5.48. The van der Waals surface area contributed by atoms with Gasteiger partial charge in [0, 0.05) is 0 Å². The highest BCUT2D eigenvalue weighted by Crippen LogP contribution is 2.23. The number of benzene rings is 1. The van der Waals surface area contributed by atoms with Gasteiger partial charge in [-0.1, -0.05) is 69.7 Å². The van der Waals surface area contributed by atoms with Crippen LogP contribution in [0.25, 0.3) is 0 Å². The van der Waals surface area contributed by atoms with Gasteiger partial charge in [-0.2, -0.15) is 0 Å². The molecular weight excluding hydrogens is 274 g/mol. The highest BCUT2D eigenvalue weighted by atomic mass is 16.5. The van der Waals surface area contributed by atoms with Gasteiger partial charge in [0.05, 0.1) is 0 Å². The molecule has 1 aromatic rings. The van der Waals surface area contributed by atoms with E-state index in [0.29, 0.717) is 0 Å². The van der Waals surface area contributed by atoms with Crippen LogP contribution in [-0.4, -0.2) is 30.6 Å². The van der Waals surface area contributed by atoms with Gasteiger partial charge in [0.1, 0.15) is 12.6 Å². The van der Waals surface area contributed by atoms with Crippen molar-refractivity contribution in [2.45, 2.75) is 45.6 Å². The van der Waals surface area contributed by atoms with E-state index < -0.39 is 0 Å². The van der Waals surface area contributed by atoms with Crippen LogP contribution in [0.4, 0.5) is 0 Å². The average molecular weight is 303 g/mol. The van der Waals surface area contributed by atoms with Crippen LogP contribution in [0.1, 0.15) is 51.1 Å². The molecule has 1 aromatic carbocycles. The second-order valence-corrected chi connectivity index (χ2v) is 5.48. The summed E-state index contributed by atoms with van der Waals surface area (Å²) in [6.07, 6.45) is 6.02. The Kier molecular flexibility index (Phi) is 9.24. The summed E-state index contributed by atoms with van der Waals surface area (Å²) < 4.78 is 5.35. The van der Waals surface area contributed by atoms with E-state index in [2.05, 4.69) is 25.3 Å². The molecule has 0 spiro atoms. The normalized spacial score (nSPS) is 12.1. The molecule has 3 heteroatoms. The molecule has 0 fully saturated rings. The molecule has 1 atom stereocenters. The Bertz CT molecular complexity index is 422. The van der Waals surface area contributed by atoms with E-state index in [1.165, 1.54) is 0 Å². The molecule has 3 nitrogen and oxygen atoms in total. The molecule has 0 aromatic heterocycles. The van der Waals surface area contributed by atoms with Crippen LogP contribution in [0.2, 0.25) is 0 Å². The molecule has 0 heterocycles. The lowest BCUT2D eigenvalue weighted by molar-refractivity contribution is -0.149. The van der Waals surface area contributed by atoms with E-state index >= 15 is 0 Å².